The third-order valence-electron chi connectivity index (χ3n) is 2.78. The van der Waals surface area contributed by atoms with Crippen LogP contribution in [0, 0.1) is 0 Å². The lowest BCUT2D eigenvalue weighted by molar-refractivity contribution is 0.0955. The molecule has 1 amide bonds. The van der Waals surface area contributed by atoms with Crippen molar-refractivity contribution in [2.24, 2.45) is 7.05 Å². The molecule has 1 aromatic heterocycles. The fraction of sp³-hybridized carbons (Fsp3) is 0.545. The van der Waals surface area contributed by atoms with Gasteiger partial charge in [-0.05, 0) is 12.5 Å². The Morgan fingerprint density at radius 1 is 1.53 bits per heavy atom. The normalized spacial score (nSPS) is 13.3. The van der Waals surface area contributed by atoms with Gasteiger partial charge in [-0.25, -0.2) is 13.1 Å². The van der Waals surface area contributed by atoms with Crippen molar-refractivity contribution in [1.82, 2.24) is 14.6 Å². The number of nitrogens with one attached hydrogen (secondary N) is 2. The first-order valence-corrected chi connectivity index (χ1v) is 7.35. The van der Waals surface area contributed by atoms with Gasteiger partial charge in [0.2, 0.25) is 10.0 Å². The van der Waals surface area contributed by atoms with E-state index in [1.54, 1.807) is 14.0 Å². The standard InChI is InChI=1S/C11H19N3O4S/c1-4-8(7-15)13-19(17,18)9-5-10(11(16)12-2)14(3)6-9/h5-6,8,13,15H,4,7H2,1-3H3,(H,12,16). The van der Waals surface area contributed by atoms with Gasteiger partial charge in [0.05, 0.1) is 6.61 Å². The minimum Gasteiger partial charge on any atom is -0.395 e. The van der Waals surface area contributed by atoms with E-state index in [4.69, 9.17) is 5.11 Å². The first-order chi connectivity index (χ1) is 8.85. The number of carbonyl (C=O) groups is 1. The van der Waals surface area contributed by atoms with Crippen molar-refractivity contribution in [2.45, 2.75) is 24.3 Å². The van der Waals surface area contributed by atoms with E-state index >= 15 is 0 Å². The van der Waals surface area contributed by atoms with Crippen molar-refractivity contribution in [3.8, 4) is 0 Å². The van der Waals surface area contributed by atoms with Gasteiger partial charge in [-0.1, -0.05) is 6.92 Å². The minimum atomic E-state index is -3.74. The number of aryl methyl sites for hydroxylation is 1. The van der Waals surface area contributed by atoms with Crippen molar-refractivity contribution in [3.63, 3.8) is 0 Å². The van der Waals surface area contributed by atoms with Gasteiger partial charge in [0.15, 0.2) is 0 Å². The molecule has 1 rings (SSSR count). The molecule has 1 atom stereocenters. The zero-order chi connectivity index (χ0) is 14.6. The maximum absolute atomic E-state index is 12.1. The zero-order valence-corrected chi connectivity index (χ0v) is 12.0. The summed E-state index contributed by atoms with van der Waals surface area (Å²) in [6.45, 7) is 1.50. The molecule has 0 bridgehead atoms. The van der Waals surface area contributed by atoms with Crippen LogP contribution < -0.4 is 10.0 Å². The van der Waals surface area contributed by atoms with E-state index in [2.05, 4.69) is 10.0 Å². The SMILES string of the molecule is CCC(CO)NS(=O)(=O)c1cc(C(=O)NC)n(C)c1. The molecule has 19 heavy (non-hydrogen) atoms. The predicted molar refractivity (Wildman–Crippen MR) is 70.3 cm³/mol. The van der Waals surface area contributed by atoms with Crippen LogP contribution in [0.15, 0.2) is 17.2 Å². The number of hydrogen-bond donors (Lipinski definition) is 3. The molecular weight excluding hydrogens is 270 g/mol. The van der Waals surface area contributed by atoms with Crippen LogP contribution in [0.4, 0.5) is 0 Å². The molecule has 1 aromatic rings. The first-order valence-electron chi connectivity index (χ1n) is 5.87. The Morgan fingerprint density at radius 2 is 2.16 bits per heavy atom. The van der Waals surface area contributed by atoms with E-state index in [1.807, 2.05) is 0 Å². The summed E-state index contributed by atoms with van der Waals surface area (Å²) in [4.78, 5) is 11.5. The molecule has 0 spiro atoms. The molecule has 1 unspecified atom stereocenters. The zero-order valence-electron chi connectivity index (χ0n) is 11.2. The third kappa shape index (κ3) is 3.55. The number of amides is 1. The molecule has 0 aliphatic carbocycles. The third-order valence-corrected chi connectivity index (χ3v) is 4.27. The van der Waals surface area contributed by atoms with E-state index in [0.717, 1.165) is 0 Å². The van der Waals surface area contributed by atoms with E-state index < -0.39 is 16.1 Å². The number of carbonyl (C=O) groups excluding carboxylic acids is 1. The van der Waals surface area contributed by atoms with Crippen LogP contribution in [0.2, 0.25) is 0 Å². The molecule has 0 saturated carbocycles. The summed E-state index contributed by atoms with van der Waals surface area (Å²) in [6, 6.07) is 0.763. The first kappa shape index (κ1) is 15.7. The van der Waals surface area contributed by atoms with Crippen LogP contribution in [-0.2, 0) is 17.1 Å². The summed E-state index contributed by atoms with van der Waals surface area (Å²) in [5, 5.41) is 11.5. The monoisotopic (exact) mass is 289 g/mol. The fourth-order valence-electron chi connectivity index (χ4n) is 1.57. The fourth-order valence-corrected chi connectivity index (χ4v) is 2.95. The smallest absolute Gasteiger partial charge is 0.267 e. The second-order valence-electron chi connectivity index (χ2n) is 4.16. The van der Waals surface area contributed by atoms with Gasteiger partial charge in [0.1, 0.15) is 10.6 Å². The number of aromatic nitrogens is 1. The van der Waals surface area contributed by atoms with Crippen LogP contribution in [0.5, 0.6) is 0 Å². The molecule has 1 heterocycles. The Morgan fingerprint density at radius 3 is 2.63 bits per heavy atom. The van der Waals surface area contributed by atoms with E-state index in [9.17, 15) is 13.2 Å². The highest BCUT2D eigenvalue weighted by atomic mass is 32.2. The summed E-state index contributed by atoms with van der Waals surface area (Å²) in [7, 11) is -0.675. The number of rotatable bonds is 6. The highest BCUT2D eigenvalue weighted by Crippen LogP contribution is 2.14. The van der Waals surface area contributed by atoms with Crippen molar-refractivity contribution in [1.29, 1.82) is 0 Å². The van der Waals surface area contributed by atoms with E-state index in [-0.39, 0.29) is 23.1 Å². The summed E-state index contributed by atoms with van der Waals surface area (Å²) < 4.78 is 28.0. The number of aliphatic hydroxyl groups excluding tert-OH is 1. The van der Waals surface area contributed by atoms with Crippen molar-refractivity contribution < 1.29 is 18.3 Å². The summed E-state index contributed by atoms with van der Waals surface area (Å²) in [5.41, 5.74) is 0.250. The average molecular weight is 289 g/mol. The van der Waals surface area contributed by atoms with Gasteiger partial charge in [-0.3, -0.25) is 4.79 Å². The lowest BCUT2D eigenvalue weighted by Gasteiger charge is -2.13. The Bertz CT molecular complexity index is 546. The molecule has 0 fully saturated rings. The molecule has 8 heteroatoms. The largest absolute Gasteiger partial charge is 0.395 e. The Kier molecular flexibility index (Phi) is 5.10. The van der Waals surface area contributed by atoms with Gasteiger partial charge >= 0.3 is 0 Å². The second-order valence-corrected chi connectivity index (χ2v) is 5.87. The predicted octanol–water partition coefficient (Wildman–Crippen LogP) is -0.566. The molecule has 0 aromatic carbocycles. The van der Waals surface area contributed by atoms with E-state index in [0.29, 0.717) is 6.42 Å². The topological polar surface area (TPSA) is 100 Å². The van der Waals surface area contributed by atoms with Gasteiger partial charge in [-0.15, -0.1) is 0 Å². The Hall–Kier alpha value is -1.38. The molecule has 0 radical (unpaired) electrons. The number of nitrogens with zero attached hydrogens (tertiary/aromatic N) is 1. The van der Waals surface area contributed by atoms with Gasteiger partial charge in [-0.2, -0.15) is 0 Å². The van der Waals surface area contributed by atoms with Crippen molar-refractivity contribution in [3.05, 3.63) is 18.0 Å². The van der Waals surface area contributed by atoms with Gasteiger partial charge in [0.25, 0.3) is 5.91 Å². The number of aliphatic hydroxyl groups is 1. The summed E-state index contributed by atoms with van der Waals surface area (Å²) in [6.07, 6.45) is 1.84. The molecule has 0 aliphatic heterocycles. The lowest BCUT2D eigenvalue weighted by Crippen LogP contribution is -2.36. The van der Waals surface area contributed by atoms with Crippen LogP contribution in [0.3, 0.4) is 0 Å². The lowest BCUT2D eigenvalue weighted by atomic mass is 10.3. The number of sulfonamides is 1. The Labute approximate surface area is 112 Å². The molecule has 3 N–H and O–H groups in total. The van der Waals surface area contributed by atoms with E-state index in [1.165, 1.54) is 23.9 Å². The van der Waals surface area contributed by atoms with Crippen LogP contribution >= 0.6 is 0 Å². The molecule has 0 aliphatic rings. The average Bonchev–Trinajstić information content (AvgIpc) is 2.78. The highest BCUT2D eigenvalue weighted by Gasteiger charge is 2.22. The summed E-state index contributed by atoms with van der Waals surface area (Å²) >= 11 is 0. The summed E-state index contributed by atoms with van der Waals surface area (Å²) in [5.74, 6) is -0.363. The molecule has 7 nitrogen and oxygen atoms in total. The van der Waals surface area contributed by atoms with Crippen molar-refractivity contribution in [2.75, 3.05) is 13.7 Å². The molecule has 108 valence electrons. The maximum Gasteiger partial charge on any atom is 0.267 e. The van der Waals surface area contributed by atoms with Crippen LogP contribution in [0.25, 0.3) is 0 Å². The Balaban J connectivity index is 3.06. The molecule has 0 saturated heterocycles. The van der Waals surface area contributed by atoms with Gasteiger partial charge < -0.3 is 15.0 Å². The van der Waals surface area contributed by atoms with Crippen LogP contribution in [0.1, 0.15) is 23.8 Å². The minimum absolute atomic E-state index is 0.000463. The number of hydrogen-bond acceptors (Lipinski definition) is 4. The second kappa shape index (κ2) is 6.18. The van der Waals surface area contributed by atoms with Crippen LogP contribution in [-0.4, -0.2) is 43.7 Å². The quantitative estimate of drug-likeness (QED) is 0.653. The van der Waals surface area contributed by atoms with Crippen molar-refractivity contribution >= 4 is 15.9 Å². The molecular formula is C11H19N3O4S. The highest BCUT2D eigenvalue weighted by molar-refractivity contribution is 7.89. The van der Waals surface area contributed by atoms with Gasteiger partial charge in [0, 0.05) is 26.3 Å². The maximum atomic E-state index is 12.1.